The number of furan rings is 1. The second kappa shape index (κ2) is 10.1. The summed E-state index contributed by atoms with van der Waals surface area (Å²) in [6, 6.07) is 16.6. The topological polar surface area (TPSA) is 109 Å². The lowest BCUT2D eigenvalue weighted by atomic mass is 10.2. The number of carbonyl (C=O) groups is 2. The molecule has 1 aliphatic rings. The van der Waals surface area contributed by atoms with Gasteiger partial charge in [0.05, 0.1) is 11.2 Å². The first-order valence-electron chi connectivity index (χ1n) is 10.8. The van der Waals surface area contributed by atoms with Crippen molar-refractivity contribution in [3.05, 3.63) is 78.3 Å². The first-order chi connectivity index (χ1) is 16.3. The number of piperazine rings is 1. The van der Waals surface area contributed by atoms with E-state index in [0.29, 0.717) is 24.5 Å². The predicted octanol–water partition coefficient (Wildman–Crippen LogP) is 2.75. The molecule has 1 aromatic heterocycles. The molecule has 0 aliphatic carbocycles. The molecule has 178 valence electrons. The molecular weight excluding hydrogens is 458 g/mol. The predicted molar refractivity (Wildman–Crippen MR) is 125 cm³/mol. The van der Waals surface area contributed by atoms with Crippen molar-refractivity contribution in [1.82, 2.24) is 9.21 Å². The lowest BCUT2D eigenvalue weighted by molar-refractivity contribution is -0.134. The van der Waals surface area contributed by atoms with Crippen molar-refractivity contribution < 1.29 is 27.2 Å². The normalized spacial score (nSPS) is 14.6. The minimum atomic E-state index is -3.58. The standard InChI is InChI=1S/C24H25N3O6S/c1-18-4-10-21(11-5-18)34(30,31)27-14-12-26(13-15-27)23(28)17-33-20-8-6-19(7-9-20)25-24(29)22-3-2-16-32-22/h2-11,16H,12-15,17H2,1H3,(H,25,29). The van der Waals surface area contributed by atoms with E-state index in [2.05, 4.69) is 5.32 Å². The maximum atomic E-state index is 12.8. The minimum Gasteiger partial charge on any atom is -0.484 e. The summed E-state index contributed by atoms with van der Waals surface area (Å²) in [6.07, 6.45) is 1.42. The van der Waals surface area contributed by atoms with Crippen LogP contribution >= 0.6 is 0 Å². The van der Waals surface area contributed by atoms with Crippen LogP contribution < -0.4 is 10.1 Å². The van der Waals surface area contributed by atoms with E-state index in [1.807, 2.05) is 6.92 Å². The Morgan fingerprint density at radius 1 is 0.971 bits per heavy atom. The maximum Gasteiger partial charge on any atom is 0.291 e. The summed E-state index contributed by atoms with van der Waals surface area (Å²) in [5.41, 5.74) is 1.55. The van der Waals surface area contributed by atoms with Crippen molar-refractivity contribution in [2.75, 3.05) is 38.1 Å². The molecule has 0 radical (unpaired) electrons. The van der Waals surface area contributed by atoms with Gasteiger partial charge in [-0.3, -0.25) is 9.59 Å². The van der Waals surface area contributed by atoms with Crippen LogP contribution in [0.1, 0.15) is 16.1 Å². The summed E-state index contributed by atoms with van der Waals surface area (Å²) >= 11 is 0. The van der Waals surface area contributed by atoms with Crippen molar-refractivity contribution in [3.8, 4) is 5.75 Å². The molecule has 2 heterocycles. The van der Waals surface area contributed by atoms with Gasteiger partial charge in [-0.1, -0.05) is 17.7 Å². The zero-order chi connectivity index (χ0) is 24.1. The van der Waals surface area contributed by atoms with E-state index in [1.165, 1.54) is 10.6 Å². The molecule has 4 rings (SSSR count). The van der Waals surface area contributed by atoms with Gasteiger partial charge in [0.1, 0.15) is 5.75 Å². The number of anilines is 1. The quantitative estimate of drug-likeness (QED) is 0.554. The fourth-order valence-electron chi connectivity index (χ4n) is 3.51. The molecule has 10 heteroatoms. The largest absolute Gasteiger partial charge is 0.484 e. The molecule has 1 saturated heterocycles. The Kier molecular flexibility index (Phi) is 6.99. The molecule has 3 aromatic rings. The molecule has 0 saturated carbocycles. The minimum absolute atomic E-state index is 0.164. The van der Waals surface area contributed by atoms with Crippen molar-refractivity contribution in [3.63, 3.8) is 0 Å². The molecule has 0 atom stereocenters. The molecular formula is C24H25N3O6S. The van der Waals surface area contributed by atoms with Gasteiger partial charge in [0.2, 0.25) is 10.0 Å². The summed E-state index contributed by atoms with van der Waals surface area (Å²) in [6.45, 7) is 2.79. The van der Waals surface area contributed by atoms with Crippen LogP contribution in [-0.4, -0.2) is 62.2 Å². The van der Waals surface area contributed by atoms with Crippen molar-refractivity contribution in [1.29, 1.82) is 0 Å². The zero-order valence-electron chi connectivity index (χ0n) is 18.6. The number of sulfonamides is 1. The molecule has 34 heavy (non-hydrogen) atoms. The smallest absolute Gasteiger partial charge is 0.291 e. The van der Waals surface area contributed by atoms with E-state index in [4.69, 9.17) is 9.15 Å². The van der Waals surface area contributed by atoms with Crippen LogP contribution in [0.25, 0.3) is 0 Å². The number of nitrogens with zero attached hydrogens (tertiary/aromatic N) is 2. The number of amides is 2. The number of rotatable bonds is 7. The Morgan fingerprint density at radius 2 is 1.65 bits per heavy atom. The Bertz CT molecular complexity index is 1230. The summed E-state index contributed by atoms with van der Waals surface area (Å²) in [4.78, 5) is 26.4. The Labute approximate surface area is 198 Å². The van der Waals surface area contributed by atoms with Crippen molar-refractivity contribution in [2.45, 2.75) is 11.8 Å². The van der Waals surface area contributed by atoms with Crippen LogP contribution in [0.3, 0.4) is 0 Å². The van der Waals surface area contributed by atoms with Crippen LogP contribution in [-0.2, 0) is 14.8 Å². The molecule has 1 aliphatic heterocycles. The highest BCUT2D eigenvalue weighted by Gasteiger charge is 2.30. The SMILES string of the molecule is Cc1ccc(S(=O)(=O)N2CCN(C(=O)COc3ccc(NC(=O)c4ccco4)cc3)CC2)cc1. The van der Waals surface area contributed by atoms with Gasteiger partial charge in [-0.25, -0.2) is 8.42 Å². The molecule has 9 nitrogen and oxygen atoms in total. The van der Waals surface area contributed by atoms with Crippen LogP contribution in [0.4, 0.5) is 5.69 Å². The number of hydrogen-bond acceptors (Lipinski definition) is 6. The van der Waals surface area contributed by atoms with E-state index < -0.39 is 10.0 Å². The Balaban J connectivity index is 1.25. The first kappa shape index (κ1) is 23.5. The van der Waals surface area contributed by atoms with Gasteiger partial charge in [-0.2, -0.15) is 4.31 Å². The third-order valence-electron chi connectivity index (χ3n) is 5.47. The number of carbonyl (C=O) groups excluding carboxylic acids is 2. The van der Waals surface area contributed by atoms with Crippen LogP contribution in [0, 0.1) is 6.92 Å². The van der Waals surface area contributed by atoms with Crippen LogP contribution in [0.2, 0.25) is 0 Å². The molecule has 0 bridgehead atoms. The van der Waals surface area contributed by atoms with Gasteiger partial charge in [0, 0.05) is 31.9 Å². The van der Waals surface area contributed by atoms with Gasteiger partial charge in [-0.15, -0.1) is 0 Å². The van der Waals surface area contributed by atoms with Gasteiger partial charge in [0.15, 0.2) is 12.4 Å². The van der Waals surface area contributed by atoms with E-state index in [0.717, 1.165) is 5.56 Å². The summed E-state index contributed by atoms with van der Waals surface area (Å²) < 4.78 is 37.7. The maximum absolute atomic E-state index is 12.8. The van der Waals surface area contributed by atoms with Crippen molar-refractivity contribution in [2.24, 2.45) is 0 Å². The van der Waals surface area contributed by atoms with Crippen LogP contribution in [0.5, 0.6) is 5.75 Å². The molecule has 1 N–H and O–H groups in total. The highest BCUT2D eigenvalue weighted by molar-refractivity contribution is 7.89. The summed E-state index contributed by atoms with van der Waals surface area (Å²) in [5, 5.41) is 2.70. The monoisotopic (exact) mass is 483 g/mol. The highest BCUT2D eigenvalue weighted by Crippen LogP contribution is 2.19. The average molecular weight is 484 g/mol. The van der Waals surface area contributed by atoms with E-state index in [1.54, 1.807) is 65.6 Å². The lowest BCUT2D eigenvalue weighted by Gasteiger charge is -2.34. The zero-order valence-corrected chi connectivity index (χ0v) is 19.5. The third-order valence-corrected chi connectivity index (χ3v) is 7.38. The molecule has 1 fully saturated rings. The van der Waals surface area contributed by atoms with E-state index in [9.17, 15) is 18.0 Å². The average Bonchev–Trinajstić information content (AvgIpc) is 3.39. The highest BCUT2D eigenvalue weighted by atomic mass is 32.2. The third kappa shape index (κ3) is 5.46. The number of ether oxygens (including phenoxy) is 1. The fourth-order valence-corrected chi connectivity index (χ4v) is 4.93. The fraction of sp³-hybridized carbons (Fsp3) is 0.250. The van der Waals surface area contributed by atoms with Gasteiger partial charge in [-0.05, 0) is 55.5 Å². The number of nitrogens with one attached hydrogen (secondary N) is 1. The Morgan fingerprint density at radius 3 is 2.26 bits per heavy atom. The molecule has 2 aromatic carbocycles. The van der Waals surface area contributed by atoms with Crippen LogP contribution in [0.15, 0.2) is 76.2 Å². The lowest BCUT2D eigenvalue weighted by Crippen LogP contribution is -2.51. The van der Waals surface area contributed by atoms with Gasteiger partial charge >= 0.3 is 0 Å². The molecule has 2 amide bonds. The first-order valence-corrected chi connectivity index (χ1v) is 12.2. The number of hydrogen-bond donors (Lipinski definition) is 1. The second-order valence-corrected chi connectivity index (χ2v) is 9.78. The van der Waals surface area contributed by atoms with E-state index in [-0.39, 0.29) is 42.2 Å². The molecule has 0 unspecified atom stereocenters. The number of benzene rings is 2. The molecule has 0 spiro atoms. The second-order valence-electron chi connectivity index (χ2n) is 7.84. The van der Waals surface area contributed by atoms with Gasteiger partial charge < -0.3 is 19.4 Å². The Hall–Kier alpha value is -3.63. The summed E-state index contributed by atoms with van der Waals surface area (Å²) in [7, 11) is -3.58. The van der Waals surface area contributed by atoms with Crippen molar-refractivity contribution >= 4 is 27.5 Å². The van der Waals surface area contributed by atoms with E-state index >= 15 is 0 Å². The summed E-state index contributed by atoms with van der Waals surface area (Å²) in [5.74, 6) is 0.0996. The number of aryl methyl sites for hydroxylation is 1. The van der Waals surface area contributed by atoms with Gasteiger partial charge in [0.25, 0.3) is 11.8 Å².